The van der Waals surface area contributed by atoms with Crippen molar-refractivity contribution in [2.75, 3.05) is 67.5 Å². The molecule has 94 heavy (non-hydrogen) atoms. The van der Waals surface area contributed by atoms with Crippen LogP contribution in [0.3, 0.4) is 0 Å². The fraction of sp³-hybridized carbons (Fsp3) is 0.592. The Balaban J connectivity index is 0.000000186. The maximum Gasteiger partial charge on any atom is 0.351 e. The van der Waals surface area contributed by atoms with Crippen molar-refractivity contribution in [2.24, 2.45) is 0 Å². The molecule has 524 valence electrons. The van der Waals surface area contributed by atoms with Gasteiger partial charge in [0, 0.05) is 31.0 Å². The maximum atomic E-state index is 14.4. The third kappa shape index (κ3) is 16.2. The Kier molecular flexibility index (Phi) is 25.8. The van der Waals surface area contributed by atoms with Crippen LogP contribution in [0.4, 0.5) is 37.9 Å². The molecule has 10 rings (SSSR count). The van der Waals surface area contributed by atoms with Crippen LogP contribution in [0.5, 0.6) is 0 Å². The molecule has 0 saturated carbocycles. The SMILES string of the molecule is CC1(F)[C@@H](O)[C@@H](CO)O[C@H]1n1ccc(NO)nc1=O.CC1(O)[C@@H](O)[C@@H](CO)O[C@H]1n1ccc(NO)nc1=O.CONc1ccn([C@@H]2O[C@H](CO)[C@H](O)C2(C)O)c(=O)n1.O=c1nc(NO)ccn1[C@@H]1O[C@H](CO)[C@H](O)C1F.O=c1nc(NO)ccn1[C@@H]1O[C@H](CO)[C@H](O)C1O. The summed E-state index contributed by atoms with van der Waals surface area (Å²) in [6, 6.07) is 6.49. The second-order valence-electron chi connectivity index (χ2n) is 21.2. The van der Waals surface area contributed by atoms with Gasteiger partial charge in [-0.05, 0) is 51.1 Å². The van der Waals surface area contributed by atoms with Gasteiger partial charge in [-0.15, -0.1) is 0 Å². The summed E-state index contributed by atoms with van der Waals surface area (Å²) < 4.78 is 58.7. The van der Waals surface area contributed by atoms with E-state index in [9.17, 15) is 73.6 Å². The zero-order valence-corrected chi connectivity index (χ0v) is 49.4. The van der Waals surface area contributed by atoms with Crippen LogP contribution in [0.2, 0.25) is 0 Å². The number of rotatable bonds is 16. The van der Waals surface area contributed by atoms with Crippen LogP contribution >= 0.6 is 0 Å². The van der Waals surface area contributed by atoms with Gasteiger partial charge in [0.2, 0.25) is 0 Å². The first-order valence-corrected chi connectivity index (χ1v) is 27.4. The molecule has 20 atom stereocenters. The minimum atomic E-state index is -2.26. The van der Waals surface area contributed by atoms with Gasteiger partial charge in [-0.3, -0.25) is 70.4 Å². The van der Waals surface area contributed by atoms with Gasteiger partial charge in [0.05, 0.1) is 40.1 Å². The van der Waals surface area contributed by atoms with E-state index in [4.69, 9.17) is 70.0 Å². The molecule has 0 amide bonds. The van der Waals surface area contributed by atoms with Crippen molar-refractivity contribution in [2.45, 2.75) is 142 Å². The second kappa shape index (κ2) is 32.2. The van der Waals surface area contributed by atoms with E-state index in [1.165, 1.54) is 76.1 Å². The van der Waals surface area contributed by atoms with Crippen LogP contribution in [-0.2, 0) is 28.5 Å². The number of hydrogen-bond donors (Lipinski definition) is 22. The average Bonchev–Trinajstić information content (AvgIpc) is 1.63. The summed E-state index contributed by atoms with van der Waals surface area (Å²) in [6.45, 7) is 1.11. The molecule has 22 N–H and O–H groups in total. The molecule has 0 aliphatic carbocycles. The first kappa shape index (κ1) is 75.4. The fourth-order valence-electron chi connectivity index (χ4n) is 9.73. The quantitative estimate of drug-likeness (QED) is 0.0408. The van der Waals surface area contributed by atoms with Gasteiger partial charge in [-0.25, -0.2) is 38.2 Å². The van der Waals surface area contributed by atoms with Crippen molar-refractivity contribution in [3.8, 4) is 0 Å². The molecular weight excluding hydrogens is 1280 g/mol. The molecule has 5 unspecified atom stereocenters. The second-order valence-corrected chi connectivity index (χ2v) is 21.2. The smallest absolute Gasteiger partial charge is 0.351 e. The molecule has 0 radical (unpaired) electrons. The molecule has 0 aromatic carbocycles. The van der Waals surface area contributed by atoms with Gasteiger partial charge >= 0.3 is 28.4 Å². The van der Waals surface area contributed by atoms with E-state index in [-0.39, 0.29) is 29.1 Å². The Bertz CT molecular complexity index is 3410. The monoisotopic (exact) mass is 1360 g/mol. The van der Waals surface area contributed by atoms with Crippen molar-refractivity contribution in [3.63, 3.8) is 0 Å². The molecule has 10 heterocycles. The molecule has 5 aromatic rings. The highest BCUT2D eigenvalue weighted by Gasteiger charge is 2.56. The third-order valence-electron chi connectivity index (χ3n) is 14.9. The predicted octanol–water partition coefficient (Wildman–Crippen LogP) is -8.42. The Morgan fingerprint density at radius 3 is 1.05 bits per heavy atom. The third-order valence-corrected chi connectivity index (χ3v) is 14.9. The van der Waals surface area contributed by atoms with Gasteiger partial charge in [0.15, 0.2) is 72.1 Å². The maximum absolute atomic E-state index is 14.4. The Morgan fingerprint density at radius 2 is 0.745 bits per heavy atom. The lowest BCUT2D eigenvalue weighted by atomic mass is 9.96. The molecule has 43 nitrogen and oxygen atoms in total. The summed E-state index contributed by atoms with van der Waals surface area (Å²) in [4.78, 5) is 80.6. The molecule has 5 aromatic heterocycles. The standard InChI is InChI=1S/C11H17N3O6.C10H14FN3O5.C10H15N3O6.C9H12FN3O5.C9H13N3O6/c1-11(18)8(16)6(5-15)20-9(11)14-4-3-7(13-19-2)12-10(14)17;1-10(11)7(16)5(4-15)19-8(10)14-3-2-6(13-18)12-9(14)17;1-10(17)7(15)5(4-14)19-8(10)13-3-2-6(12-18)11-9(13)16;10-6-7(15)4(3-14)18-8(6)13-2-1-5(12-17)11-9(13)16;13-3-4-6(14)7(15)8(18-4)12-2-1-5(11-17)10-9(12)16/h3-4,6,8-9,15-16,18H,5H2,1-2H3,(H,12,13,17);2-3,5,7-8,15-16,18H,4H2,1H3,(H,12,13,17);2-3,5,7-8,14-15,17-18H,4H2,1H3,(H,11,12,16);1-2,4,6-8,14-15,17H,3H2,(H,11,12,16);1-2,4,6-8,13-15,17H,3H2,(H,10,11,16)/t6-,8+,9-,11?;2*5-,7+,8-,10?;4-,6?,7+,8-;4-,6+,7?,8-/m11111/s1. The van der Waals surface area contributed by atoms with E-state index in [2.05, 4.69) is 35.2 Å². The van der Waals surface area contributed by atoms with Crippen LogP contribution < -0.4 is 55.8 Å². The van der Waals surface area contributed by atoms with E-state index in [1.54, 1.807) is 21.9 Å². The van der Waals surface area contributed by atoms with Gasteiger partial charge in [0.25, 0.3) is 0 Å². The summed E-state index contributed by atoms with van der Waals surface area (Å²) >= 11 is 0. The molecule has 5 saturated heterocycles. The lowest BCUT2D eigenvalue weighted by Crippen LogP contribution is -2.46. The summed E-state index contributed by atoms with van der Waals surface area (Å²) in [7, 11) is 1.38. The normalized spacial score (nSPS) is 33.1. The first-order valence-electron chi connectivity index (χ1n) is 27.4. The Hall–Kier alpha value is -7.66. The van der Waals surface area contributed by atoms with E-state index in [1.807, 2.05) is 0 Å². The molecule has 0 spiro atoms. The predicted molar refractivity (Wildman–Crippen MR) is 301 cm³/mol. The number of nitrogens with zero attached hydrogens (tertiary/aromatic N) is 10. The number of ether oxygens (including phenoxy) is 5. The van der Waals surface area contributed by atoms with Crippen molar-refractivity contribution in [1.82, 2.24) is 47.8 Å². The lowest BCUT2D eigenvalue weighted by Gasteiger charge is -2.27. The molecule has 5 aliphatic heterocycles. The molecule has 45 heteroatoms. The zero-order chi connectivity index (χ0) is 69.9. The van der Waals surface area contributed by atoms with E-state index in [0.717, 1.165) is 36.0 Å². The molecule has 5 aliphatic rings. The average molecular weight is 1360 g/mol. The first-order chi connectivity index (χ1) is 44.4. The van der Waals surface area contributed by atoms with Crippen LogP contribution in [0, 0.1) is 0 Å². The van der Waals surface area contributed by atoms with Crippen molar-refractivity contribution >= 4 is 29.1 Å². The number of halogens is 2. The van der Waals surface area contributed by atoms with E-state index < -0.39 is 183 Å². The minimum absolute atomic E-state index is 0.0528. The number of aliphatic hydroxyl groups is 13. The number of hydrogen-bond acceptors (Lipinski definition) is 38. The Labute approximate surface area is 523 Å². The highest BCUT2D eigenvalue weighted by Crippen LogP contribution is 2.41. The summed E-state index contributed by atoms with van der Waals surface area (Å²) in [5.41, 5.74) is -0.517. The summed E-state index contributed by atoms with van der Waals surface area (Å²) in [6.07, 6.45) is -15.4. The van der Waals surface area contributed by atoms with E-state index >= 15 is 0 Å². The minimum Gasteiger partial charge on any atom is -0.394 e. The van der Waals surface area contributed by atoms with Gasteiger partial charge < -0.3 is 90.1 Å². The van der Waals surface area contributed by atoms with Gasteiger partial charge in [0.1, 0.15) is 78.3 Å². The number of aliphatic hydroxyl groups excluding tert-OH is 11. The zero-order valence-electron chi connectivity index (χ0n) is 49.4. The molecule has 5 fully saturated rings. The van der Waals surface area contributed by atoms with Crippen molar-refractivity contribution in [3.05, 3.63) is 114 Å². The van der Waals surface area contributed by atoms with Crippen molar-refractivity contribution < 1.29 is 125 Å². The number of alkyl halides is 2. The fourth-order valence-corrected chi connectivity index (χ4v) is 9.73. The summed E-state index contributed by atoms with van der Waals surface area (Å²) in [5.74, 6) is -0.102. The lowest BCUT2D eigenvalue weighted by molar-refractivity contribution is -0.0987. The Morgan fingerprint density at radius 1 is 0.447 bits per heavy atom. The van der Waals surface area contributed by atoms with Crippen LogP contribution in [0.1, 0.15) is 51.9 Å². The molecule has 0 bridgehead atoms. The van der Waals surface area contributed by atoms with Crippen LogP contribution in [0.15, 0.2) is 85.3 Å². The van der Waals surface area contributed by atoms with Gasteiger partial charge in [-0.1, -0.05) is 0 Å². The number of aromatic nitrogens is 10. The highest BCUT2D eigenvalue weighted by molar-refractivity contribution is 5.31. The topological polar surface area (TPSA) is 634 Å². The number of anilines is 5. The van der Waals surface area contributed by atoms with E-state index in [0.29, 0.717) is 0 Å². The largest absolute Gasteiger partial charge is 0.394 e. The summed E-state index contributed by atoms with van der Waals surface area (Å²) in [5, 5.41) is 158. The molecular formula is C49H71F2N15O28. The number of nitrogens with one attached hydrogen (secondary N) is 5. The highest BCUT2D eigenvalue weighted by atomic mass is 19.1. The van der Waals surface area contributed by atoms with Crippen LogP contribution in [0.25, 0.3) is 0 Å². The van der Waals surface area contributed by atoms with Gasteiger partial charge in [-0.2, -0.15) is 24.9 Å². The van der Waals surface area contributed by atoms with Crippen molar-refractivity contribution in [1.29, 1.82) is 0 Å². The van der Waals surface area contributed by atoms with Crippen LogP contribution in [-0.4, -0.2) is 265 Å².